The standard InChI is InChI=1S/C17H26N2O2/c1-2-21-17(20)16(12-14-6-4-3-5-7-14)19-13-15-8-10-18-11-9-15/h3-7,15-16,18-19H,2,8-13H2,1H3. The Bertz CT molecular complexity index is 416. The number of esters is 1. The lowest BCUT2D eigenvalue weighted by atomic mass is 9.97. The highest BCUT2D eigenvalue weighted by Crippen LogP contribution is 2.11. The van der Waals surface area contributed by atoms with Crippen molar-refractivity contribution < 1.29 is 9.53 Å². The minimum atomic E-state index is -0.248. The highest BCUT2D eigenvalue weighted by atomic mass is 16.5. The normalized spacial score (nSPS) is 17.4. The molecule has 0 aromatic heterocycles. The summed E-state index contributed by atoms with van der Waals surface area (Å²) in [6, 6.07) is 9.86. The second kappa shape index (κ2) is 8.80. The van der Waals surface area contributed by atoms with Crippen LogP contribution >= 0.6 is 0 Å². The average molecular weight is 290 g/mol. The molecule has 4 nitrogen and oxygen atoms in total. The predicted octanol–water partition coefficient (Wildman–Crippen LogP) is 1.75. The molecule has 1 fully saturated rings. The SMILES string of the molecule is CCOC(=O)C(Cc1ccccc1)NCC1CCNCC1. The number of carbonyl (C=O) groups excluding carboxylic acids is 1. The first-order chi connectivity index (χ1) is 10.3. The van der Waals surface area contributed by atoms with Gasteiger partial charge in [0.25, 0.3) is 0 Å². The summed E-state index contributed by atoms with van der Waals surface area (Å²) in [6.45, 7) is 5.33. The topological polar surface area (TPSA) is 50.4 Å². The monoisotopic (exact) mass is 290 g/mol. The number of carbonyl (C=O) groups is 1. The van der Waals surface area contributed by atoms with Crippen molar-refractivity contribution in [3.63, 3.8) is 0 Å². The van der Waals surface area contributed by atoms with E-state index in [0.717, 1.165) is 25.2 Å². The highest BCUT2D eigenvalue weighted by Gasteiger charge is 2.22. The van der Waals surface area contributed by atoms with Gasteiger partial charge in [0, 0.05) is 0 Å². The van der Waals surface area contributed by atoms with Crippen molar-refractivity contribution in [2.24, 2.45) is 5.92 Å². The zero-order valence-corrected chi connectivity index (χ0v) is 12.8. The molecule has 1 aliphatic heterocycles. The Morgan fingerprint density at radius 2 is 2.05 bits per heavy atom. The van der Waals surface area contributed by atoms with Crippen molar-refractivity contribution in [2.45, 2.75) is 32.2 Å². The summed E-state index contributed by atoms with van der Waals surface area (Å²) in [6.07, 6.45) is 3.03. The Morgan fingerprint density at radius 1 is 1.33 bits per heavy atom. The van der Waals surface area contributed by atoms with Crippen molar-refractivity contribution in [2.75, 3.05) is 26.2 Å². The summed E-state index contributed by atoms with van der Waals surface area (Å²) >= 11 is 0. The van der Waals surface area contributed by atoms with E-state index in [1.165, 1.54) is 12.8 Å². The number of hydrogen-bond donors (Lipinski definition) is 2. The van der Waals surface area contributed by atoms with Gasteiger partial charge in [0.15, 0.2) is 0 Å². The van der Waals surface area contributed by atoms with Crippen LogP contribution in [0.15, 0.2) is 30.3 Å². The summed E-state index contributed by atoms with van der Waals surface area (Å²) in [7, 11) is 0. The Morgan fingerprint density at radius 3 is 2.71 bits per heavy atom. The smallest absolute Gasteiger partial charge is 0.323 e. The van der Waals surface area contributed by atoms with Gasteiger partial charge in [-0.15, -0.1) is 0 Å². The van der Waals surface area contributed by atoms with Crippen LogP contribution in [0.4, 0.5) is 0 Å². The Balaban J connectivity index is 1.89. The summed E-state index contributed by atoms with van der Waals surface area (Å²) < 4.78 is 5.20. The predicted molar refractivity (Wildman–Crippen MR) is 84.2 cm³/mol. The molecule has 0 bridgehead atoms. The minimum absolute atomic E-state index is 0.143. The van der Waals surface area contributed by atoms with Gasteiger partial charge in [-0.25, -0.2) is 0 Å². The molecule has 1 heterocycles. The maximum Gasteiger partial charge on any atom is 0.323 e. The summed E-state index contributed by atoms with van der Waals surface area (Å²) in [5, 5.41) is 6.79. The minimum Gasteiger partial charge on any atom is -0.465 e. The third-order valence-corrected chi connectivity index (χ3v) is 3.97. The largest absolute Gasteiger partial charge is 0.465 e. The number of piperidine rings is 1. The molecule has 1 aliphatic rings. The number of hydrogen-bond acceptors (Lipinski definition) is 4. The molecule has 0 aliphatic carbocycles. The maximum absolute atomic E-state index is 12.1. The summed E-state index contributed by atoms with van der Waals surface area (Å²) in [5.74, 6) is 0.509. The molecule has 2 N–H and O–H groups in total. The van der Waals surface area contributed by atoms with Crippen molar-refractivity contribution in [1.82, 2.24) is 10.6 Å². The molecule has 4 heteroatoms. The highest BCUT2D eigenvalue weighted by molar-refractivity contribution is 5.76. The maximum atomic E-state index is 12.1. The van der Waals surface area contributed by atoms with Crippen molar-refractivity contribution in [3.8, 4) is 0 Å². The quantitative estimate of drug-likeness (QED) is 0.751. The van der Waals surface area contributed by atoms with E-state index in [1.807, 2.05) is 25.1 Å². The first-order valence-corrected chi connectivity index (χ1v) is 7.94. The molecule has 0 amide bonds. The van der Waals surface area contributed by atoms with E-state index >= 15 is 0 Å². The Labute approximate surface area is 127 Å². The van der Waals surface area contributed by atoms with Crippen LogP contribution in [0.5, 0.6) is 0 Å². The number of ether oxygens (including phenoxy) is 1. The van der Waals surface area contributed by atoms with Crippen LogP contribution in [-0.4, -0.2) is 38.3 Å². The summed E-state index contributed by atoms with van der Waals surface area (Å²) in [4.78, 5) is 12.1. The van der Waals surface area contributed by atoms with Crippen molar-refractivity contribution >= 4 is 5.97 Å². The van der Waals surface area contributed by atoms with Gasteiger partial charge >= 0.3 is 5.97 Å². The van der Waals surface area contributed by atoms with Gasteiger partial charge in [-0.2, -0.15) is 0 Å². The van der Waals surface area contributed by atoms with E-state index in [2.05, 4.69) is 22.8 Å². The van der Waals surface area contributed by atoms with E-state index in [-0.39, 0.29) is 12.0 Å². The molecule has 116 valence electrons. The lowest BCUT2D eigenvalue weighted by molar-refractivity contribution is -0.145. The fraction of sp³-hybridized carbons (Fsp3) is 0.588. The molecule has 0 saturated carbocycles. The van der Waals surface area contributed by atoms with Crippen LogP contribution in [0.25, 0.3) is 0 Å². The zero-order valence-electron chi connectivity index (χ0n) is 12.8. The average Bonchev–Trinajstić information content (AvgIpc) is 2.53. The van der Waals surface area contributed by atoms with Gasteiger partial charge in [-0.05, 0) is 57.3 Å². The van der Waals surface area contributed by atoms with E-state index < -0.39 is 0 Å². The van der Waals surface area contributed by atoms with Crippen LogP contribution in [0.3, 0.4) is 0 Å². The van der Waals surface area contributed by atoms with E-state index in [0.29, 0.717) is 18.9 Å². The molecule has 1 aromatic carbocycles. The second-order valence-electron chi connectivity index (χ2n) is 5.60. The van der Waals surface area contributed by atoms with Crippen LogP contribution in [-0.2, 0) is 16.0 Å². The third-order valence-electron chi connectivity index (χ3n) is 3.97. The molecule has 1 unspecified atom stereocenters. The Kier molecular flexibility index (Phi) is 6.70. The molecule has 1 aromatic rings. The fourth-order valence-electron chi connectivity index (χ4n) is 2.73. The van der Waals surface area contributed by atoms with Gasteiger partial charge in [-0.3, -0.25) is 4.79 Å². The van der Waals surface area contributed by atoms with Gasteiger partial charge in [0.1, 0.15) is 6.04 Å². The number of benzene rings is 1. The van der Waals surface area contributed by atoms with Gasteiger partial charge in [0.2, 0.25) is 0 Å². The lowest BCUT2D eigenvalue weighted by Crippen LogP contribution is -2.43. The van der Waals surface area contributed by atoms with Crippen LogP contribution in [0.2, 0.25) is 0 Å². The van der Waals surface area contributed by atoms with E-state index in [1.54, 1.807) is 0 Å². The third kappa shape index (κ3) is 5.48. The first-order valence-electron chi connectivity index (χ1n) is 7.94. The molecule has 0 spiro atoms. The molecule has 0 radical (unpaired) electrons. The van der Waals surface area contributed by atoms with Gasteiger partial charge in [-0.1, -0.05) is 30.3 Å². The fourth-order valence-corrected chi connectivity index (χ4v) is 2.73. The van der Waals surface area contributed by atoms with E-state index in [4.69, 9.17) is 4.74 Å². The molecule has 1 atom stereocenters. The van der Waals surface area contributed by atoms with Crippen molar-refractivity contribution in [3.05, 3.63) is 35.9 Å². The van der Waals surface area contributed by atoms with Crippen LogP contribution in [0.1, 0.15) is 25.3 Å². The number of nitrogens with one attached hydrogen (secondary N) is 2. The van der Waals surface area contributed by atoms with Crippen molar-refractivity contribution in [1.29, 1.82) is 0 Å². The molecular formula is C17H26N2O2. The summed E-state index contributed by atoms with van der Waals surface area (Å²) in [5.41, 5.74) is 1.16. The van der Waals surface area contributed by atoms with Gasteiger partial charge < -0.3 is 15.4 Å². The molecule has 2 rings (SSSR count). The first kappa shape index (κ1) is 16.0. The molecule has 21 heavy (non-hydrogen) atoms. The number of rotatable bonds is 7. The van der Waals surface area contributed by atoms with E-state index in [9.17, 15) is 4.79 Å². The molecule has 1 saturated heterocycles. The van der Waals surface area contributed by atoms with Crippen LogP contribution in [0, 0.1) is 5.92 Å². The lowest BCUT2D eigenvalue weighted by Gasteiger charge is -2.25. The Hall–Kier alpha value is -1.39. The van der Waals surface area contributed by atoms with Gasteiger partial charge in [0.05, 0.1) is 6.61 Å². The zero-order chi connectivity index (χ0) is 14.9. The second-order valence-corrected chi connectivity index (χ2v) is 5.60. The molecular weight excluding hydrogens is 264 g/mol. The van der Waals surface area contributed by atoms with Crippen LogP contribution < -0.4 is 10.6 Å².